The molecule has 1 saturated carbocycles. The lowest BCUT2D eigenvalue weighted by Crippen LogP contribution is -2.34. The van der Waals surface area contributed by atoms with E-state index in [1.807, 2.05) is 13.1 Å². The van der Waals surface area contributed by atoms with Crippen LogP contribution in [0, 0.1) is 12.8 Å². The molecule has 1 atom stereocenters. The molecule has 1 aliphatic heterocycles. The molecule has 0 spiro atoms. The van der Waals surface area contributed by atoms with Gasteiger partial charge in [0.05, 0.1) is 31.4 Å². The third-order valence-electron chi connectivity index (χ3n) is 5.74. The maximum absolute atomic E-state index is 12.7. The van der Waals surface area contributed by atoms with Crippen molar-refractivity contribution >= 4 is 23.2 Å². The van der Waals surface area contributed by atoms with Gasteiger partial charge in [0.25, 0.3) is 11.8 Å². The second kappa shape index (κ2) is 8.10. The number of methoxy groups -OCH3 is 1. The van der Waals surface area contributed by atoms with Crippen molar-refractivity contribution in [3.05, 3.63) is 36.2 Å². The highest BCUT2D eigenvalue weighted by Crippen LogP contribution is 2.28. The Bertz CT molecular complexity index is 1090. The summed E-state index contributed by atoms with van der Waals surface area (Å²) in [4.78, 5) is 32.3. The number of imidazole rings is 1. The summed E-state index contributed by atoms with van der Waals surface area (Å²) in [6.07, 6.45) is 10.5. The van der Waals surface area contributed by atoms with E-state index in [4.69, 9.17) is 4.74 Å². The fraction of sp³-hybridized carbons (Fsp3) is 0.476. The van der Waals surface area contributed by atoms with Gasteiger partial charge in [0, 0.05) is 25.3 Å². The van der Waals surface area contributed by atoms with Crippen molar-refractivity contribution in [1.29, 1.82) is 0 Å². The van der Waals surface area contributed by atoms with Crippen LogP contribution in [0.5, 0.6) is 5.88 Å². The molecule has 10 heteroatoms. The molecular weight excluding hydrogens is 396 g/mol. The lowest BCUT2D eigenvalue weighted by molar-refractivity contribution is 0.102. The Hall–Kier alpha value is -3.27. The first kappa shape index (κ1) is 19.7. The third-order valence-corrected chi connectivity index (χ3v) is 5.74. The number of aryl methyl sites for hydroxylation is 1. The van der Waals surface area contributed by atoms with E-state index in [0.717, 1.165) is 43.5 Å². The number of nitrogens with one attached hydrogen (secondary N) is 2. The van der Waals surface area contributed by atoms with E-state index >= 15 is 0 Å². The molecule has 31 heavy (non-hydrogen) atoms. The maximum atomic E-state index is 12.7. The second-order valence-corrected chi connectivity index (χ2v) is 8.25. The quantitative estimate of drug-likeness (QED) is 0.592. The second-order valence-electron chi connectivity index (χ2n) is 8.25. The Morgan fingerprint density at radius 1 is 1.19 bits per heavy atom. The Labute approximate surface area is 180 Å². The zero-order valence-corrected chi connectivity index (χ0v) is 17.7. The van der Waals surface area contributed by atoms with E-state index in [-0.39, 0.29) is 11.6 Å². The average Bonchev–Trinajstić information content (AvgIpc) is 3.35. The maximum Gasteiger partial charge on any atom is 0.277 e. The van der Waals surface area contributed by atoms with Gasteiger partial charge in [-0.25, -0.2) is 15.0 Å². The van der Waals surface area contributed by atoms with Gasteiger partial charge in [-0.2, -0.15) is 4.98 Å². The number of nitrogens with zero attached hydrogens (tertiary/aromatic N) is 6. The molecular formula is C21H26N8O2. The highest BCUT2D eigenvalue weighted by molar-refractivity contribution is 6.02. The predicted octanol–water partition coefficient (Wildman–Crippen LogP) is 1.67. The number of rotatable bonds is 7. The van der Waals surface area contributed by atoms with Gasteiger partial charge in [-0.15, -0.1) is 0 Å². The van der Waals surface area contributed by atoms with Gasteiger partial charge in [-0.05, 0) is 38.6 Å². The van der Waals surface area contributed by atoms with E-state index < -0.39 is 0 Å². The van der Waals surface area contributed by atoms with Crippen LogP contribution >= 0.6 is 0 Å². The number of carbonyl (C=O) groups excluding carboxylic acids is 1. The highest BCUT2D eigenvalue weighted by atomic mass is 16.5. The Balaban J connectivity index is 1.23. The van der Waals surface area contributed by atoms with Crippen LogP contribution in [0.15, 0.2) is 24.8 Å². The van der Waals surface area contributed by atoms with E-state index in [2.05, 4.69) is 35.5 Å². The summed E-state index contributed by atoms with van der Waals surface area (Å²) >= 11 is 0. The van der Waals surface area contributed by atoms with Crippen molar-refractivity contribution in [1.82, 2.24) is 29.7 Å². The van der Waals surface area contributed by atoms with Crippen molar-refractivity contribution in [2.75, 3.05) is 37.0 Å². The zero-order valence-electron chi connectivity index (χ0n) is 17.7. The molecule has 1 aliphatic carbocycles. The molecule has 2 aliphatic rings. The number of hydrogen-bond donors (Lipinski definition) is 2. The van der Waals surface area contributed by atoms with Crippen LogP contribution in [0.2, 0.25) is 0 Å². The van der Waals surface area contributed by atoms with Gasteiger partial charge in [0.15, 0.2) is 5.82 Å². The van der Waals surface area contributed by atoms with Gasteiger partial charge in [0.2, 0.25) is 5.65 Å². The third kappa shape index (κ3) is 4.29. The monoisotopic (exact) mass is 422 g/mol. The molecule has 162 valence electrons. The summed E-state index contributed by atoms with van der Waals surface area (Å²) in [7, 11) is 1.52. The van der Waals surface area contributed by atoms with E-state index in [0.29, 0.717) is 23.4 Å². The average molecular weight is 422 g/mol. The number of anilines is 2. The standard InChI is InChI=1S/C21H26N8O2/c1-13-10-29-12-17(27-21(31-2)19(29)25-13)26-20(30)16-8-24-18(9-23-16)28-6-5-15(11-28)22-7-14-3-4-14/h8-10,12,14-15,22H,3-7,11H2,1-2H3,(H,26,30)/t15-/m0/s1. The topological polar surface area (TPSA) is 110 Å². The summed E-state index contributed by atoms with van der Waals surface area (Å²) < 4.78 is 7.07. The normalized spacial score (nSPS) is 18.5. The Kier molecular flexibility index (Phi) is 5.14. The summed E-state index contributed by atoms with van der Waals surface area (Å²) in [5.74, 6) is 1.98. The zero-order chi connectivity index (χ0) is 21.4. The minimum Gasteiger partial charge on any atom is -0.478 e. The van der Waals surface area contributed by atoms with Crippen LogP contribution in [-0.2, 0) is 0 Å². The van der Waals surface area contributed by atoms with Crippen molar-refractivity contribution in [2.24, 2.45) is 5.92 Å². The number of fused-ring (bicyclic) bond motifs is 1. The molecule has 1 amide bonds. The number of ether oxygens (including phenoxy) is 1. The molecule has 4 heterocycles. The van der Waals surface area contributed by atoms with Gasteiger partial charge < -0.3 is 20.3 Å². The molecule has 0 radical (unpaired) electrons. The molecule has 3 aromatic rings. The van der Waals surface area contributed by atoms with E-state index in [9.17, 15) is 4.79 Å². The molecule has 0 bridgehead atoms. The van der Waals surface area contributed by atoms with E-state index in [1.165, 1.54) is 26.1 Å². The summed E-state index contributed by atoms with van der Waals surface area (Å²) in [6, 6.07) is 0.494. The first-order valence-electron chi connectivity index (χ1n) is 10.6. The van der Waals surface area contributed by atoms with Crippen LogP contribution in [-0.4, -0.2) is 63.0 Å². The summed E-state index contributed by atoms with van der Waals surface area (Å²) in [6.45, 7) is 4.86. The smallest absolute Gasteiger partial charge is 0.277 e. The molecule has 3 aromatic heterocycles. The van der Waals surface area contributed by atoms with Crippen LogP contribution in [0.3, 0.4) is 0 Å². The fourth-order valence-electron chi connectivity index (χ4n) is 3.86. The van der Waals surface area contributed by atoms with Gasteiger partial charge in [-0.3, -0.25) is 9.20 Å². The van der Waals surface area contributed by atoms with Crippen LogP contribution in [0.4, 0.5) is 11.6 Å². The van der Waals surface area contributed by atoms with Gasteiger partial charge in [0.1, 0.15) is 11.5 Å². The van der Waals surface area contributed by atoms with Crippen molar-refractivity contribution in [3.63, 3.8) is 0 Å². The Morgan fingerprint density at radius 3 is 2.81 bits per heavy atom. The molecule has 1 saturated heterocycles. The van der Waals surface area contributed by atoms with E-state index in [1.54, 1.807) is 16.8 Å². The molecule has 5 rings (SSSR count). The van der Waals surface area contributed by atoms with Crippen LogP contribution in [0.1, 0.15) is 35.4 Å². The number of hydrogen-bond acceptors (Lipinski definition) is 8. The summed E-state index contributed by atoms with van der Waals surface area (Å²) in [5, 5.41) is 6.40. The van der Waals surface area contributed by atoms with Gasteiger partial charge >= 0.3 is 0 Å². The van der Waals surface area contributed by atoms with Crippen molar-refractivity contribution < 1.29 is 9.53 Å². The molecule has 10 nitrogen and oxygen atoms in total. The molecule has 2 fully saturated rings. The largest absolute Gasteiger partial charge is 0.478 e. The Morgan fingerprint density at radius 2 is 2.06 bits per heavy atom. The molecule has 0 aromatic carbocycles. The fourth-order valence-corrected chi connectivity index (χ4v) is 3.86. The van der Waals surface area contributed by atoms with Crippen LogP contribution in [0.25, 0.3) is 5.65 Å². The lowest BCUT2D eigenvalue weighted by Gasteiger charge is -2.17. The minimum absolute atomic E-state index is 0.231. The predicted molar refractivity (Wildman–Crippen MR) is 116 cm³/mol. The molecule has 0 unspecified atom stereocenters. The summed E-state index contributed by atoms with van der Waals surface area (Å²) in [5.41, 5.74) is 1.66. The first-order chi connectivity index (χ1) is 15.1. The molecule has 2 N–H and O–H groups in total. The SMILES string of the molecule is COc1nc(NC(=O)c2cnc(N3CC[C@H](NCC4CC4)C3)cn2)cn2cc(C)nc12. The first-order valence-corrected chi connectivity index (χ1v) is 10.6. The van der Waals surface area contributed by atoms with Crippen LogP contribution < -0.4 is 20.3 Å². The number of carbonyl (C=O) groups is 1. The van der Waals surface area contributed by atoms with Gasteiger partial charge in [-0.1, -0.05) is 0 Å². The van der Waals surface area contributed by atoms with Crippen molar-refractivity contribution in [3.8, 4) is 5.88 Å². The number of amides is 1. The lowest BCUT2D eigenvalue weighted by atomic mass is 10.2. The van der Waals surface area contributed by atoms with Crippen molar-refractivity contribution in [2.45, 2.75) is 32.2 Å². The minimum atomic E-state index is -0.379. The highest BCUT2D eigenvalue weighted by Gasteiger charge is 2.27. The number of aromatic nitrogens is 5.